The molecule has 0 saturated carbocycles. The van der Waals surface area contributed by atoms with Gasteiger partial charge in [0.05, 0.1) is 6.42 Å². The van der Waals surface area contributed by atoms with Crippen LogP contribution in [0.15, 0.2) is 33.2 Å². The van der Waals surface area contributed by atoms with E-state index in [2.05, 4.69) is 15.4 Å². The van der Waals surface area contributed by atoms with Gasteiger partial charge in [0.15, 0.2) is 5.58 Å². The molecule has 1 saturated heterocycles. The van der Waals surface area contributed by atoms with Crippen molar-refractivity contribution in [2.24, 2.45) is 0 Å². The minimum absolute atomic E-state index is 0.0795. The first-order chi connectivity index (χ1) is 12.6. The molecule has 1 amide bonds. The highest BCUT2D eigenvalue weighted by molar-refractivity contribution is 5.86. The maximum atomic E-state index is 12.6. The Kier molecular flexibility index (Phi) is 4.44. The summed E-state index contributed by atoms with van der Waals surface area (Å²) < 4.78 is 11.1. The van der Waals surface area contributed by atoms with Crippen molar-refractivity contribution in [2.45, 2.75) is 44.9 Å². The molecule has 1 aliphatic rings. The zero-order valence-corrected chi connectivity index (χ0v) is 15.0. The molecule has 0 aliphatic carbocycles. The van der Waals surface area contributed by atoms with Crippen LogP contribution in [0.4, 0.5) is 0 Å². The molecule has 7 nitrogen and oxygen atoms in total. The summed E-state index contributed by atoms with van der Waals surface area (Å²) in [5.41, 5.74) is 1.41. The Labute approximate surface area is 151 Å². The molecule has 1 fully saturated rings. The van der Waals surface area contributed by atoms with Crippen LogP contribution in [0.25, 0.3) is 11.0 Å². The number of amides is 1. The normalized spacial score (nSPS) is 15.9. The third kappa shape index (κ3) is 3.21. The number of fused-ring (bicyclic) bond motifs is 1. The van der Waals surface area contributed by atoms with E-state index in [0.717, 1.165) is 18.2 Å². The van der Waals surface area contributed by atoms with E-state index in [1.807, 2.05) is 43.0 Å². The van der Waals surface area contributed by atoms with Crippen LogP contribution in [-0.2, 0) is 11.2 Å². The van der Waals surface area contributed by atoms with Gasteiger partial charge in [0.2, 0.25) is 17.7 Å². The number of rotatable bonds is 4. The standard InChI is InChI=1S/C19H22N4O3/c1-12(2)18-20-21-19(25-18)13-7-9-23(10-8-13)17(24)11-15-14-5-3-4-6-16(14)26-22-15/h3-6,12-13H,7-11H2,1-2H3. The lowest BCUT2D eigenvalue weighted by Gasteiger charge is -2.30. The highest BCUT2D eigenvalue weighted by Gasteiger charge is 2.28. The monoisotopic (exact) mass is 354 g/mol. The molecule has 1 aromatic carbocycles. The molecule has 136 valence electrons. The molecule has 7 heteroatoms. The SMILES string of the molecule is CC(C)c1nnc(C2CCN(C(=O)Cc3noc4ccccc34)CC2)o1. The Bertz CT molecular complexity index is 906. The van der Waals surface area contributed by atoms with Crippen molar-refractivity contribution in [3.63, 3.8) is 0 Å². The summed E-state index contributed by atoms with van der Waals surface area (Å²) in [6, 6.07) is 7.61. The van der Waals surface area contributed by atoms with Crippen molar-refractivity contribution in [1.82, 2.24) is 20.3 Å². The van der Waals surface area contributed by atoms with E-state index in [1.54, 1.807) is 0 Å². The summed E-state index contributed by atoms with van der Waals surface area (Å²) in [6.45, 7) is 5.45. The summed E-state index contributed by atoms with van der Waals surface area (Å²) in [5.74, 6) is 1.91. The van der Waals surface area contributed by atoms with E-state index in [4.69, 9.17) is 8.94 Å². The van der Waals surface area contributed by atoms with Gasteiger partial charge < -0.3 is 13.8 Å². The van der Waals surface area contributed by atoms with E-state index in [1.165, 1.54) is 0 Å². The average molecular weight is 354 g/mol. The fraction of sp³-hybridized carbons (Fsp3) is 0.474. The number of piperidine rings is 1. The van der Waals surface area contributed by atoms with Crippen LogP contribution in [0.5, 0.6) is 0 Å². The number of likely N-dealkylation sites (tertiary alicyclic amines) is 1. The lowest BCUT2D eigenvalue weighted by molar-refractivity contribution is -0.131. The second-order valence-electron chi connectivity index (χ2n) is 7.09. The maximum Gasteiger partial charge on any atom is 0.228 e. The van der Waals surface area contributed by atoms with Gasteiger partial charge in [0.25, 0.3) is 0 Å². The summed E-state index contributed by atoms with van der Waals surface area (Å²) >= 11 is 0. The minimum atomic E-state index is 0.0795. The lowest BCUT2D eigenvalue weighted by Crippen LogP contribution is -2.38. The largest absolute Gasteiger partial charge is 0.425 e. The Balaban J connectivity index is 1.37. The molecule has 4 rings (SSSR count). The predicted molar refractivity (Wildman–Crippen MR) is 94.7 cm³/mol. The molecule has 26 heavy (non-hydrogen) atoms. The molecule has 0 unspecified atom stereocenters. The van der Waals surface area contributed by atoms with Crippen LogP contribution < -0.4 is 0 Å². The number of para-hydroxylation sites is 1. The fourth-order valence-corrected chi connectivity index (χ4v) is 3.34. The van der Waals surface area contributed by atoms with Gasteiger partial charge in [0, 0.05) is 30.3 Å². The third-order valence-corrected chi connectivity index (χ3v) is 4.92. The van der Waals surface area contributed by atoms with Gasteiger partial charge in [-0.25, -0.2) is 0 Å². The van der Waals surface area contributed by atoms with E-state index < -0.39 is 0 Å². The third-order valence-electron chi connectivity index (χ3n) is 4.92. The topological polar surface area (TPSA) is 85.3 Å². The van der Waals surface area contributed by atoms with Gasteiger partial charge in [-0.05, 0) is 25.0 Å². The van der Waals surface area contributed by atoms with Crippen LogP contribution in [0, 0.1) is 0 Å². The number of carbonyl (C=O) groups is 1. The Morgan fingerprint density at radius 1 is 1.23 bits per heavy atom. The molecule has 0 atom stereocenters. The van der Waals surface area contributed by atoms with Crippen molar-refractivity contribution in [1.29, 1.82) is 0 Å². The molecule has 0 bridgehead atoms. The van der Waals surface area contributed by atoms with Gasteiger partial charge >= 0.3 is 0 Å². The Morgan fingerprint density at radius 3 is 2.73 bits per heavy atom. The van der Waals surface area contributed by atoms with Crippen molar-refractivity contribution < 1.29 is 13.7 Å². The van der Waals surface area contributed by atoms with Gasteiger partial charge in [-0.1, -0.05) is 31.1 Å². The van der Waals surface area contributed by atoms with E-state index in [-0.39, 0.29) is 24.2 Å². The highest BCUT2D eigenvalue weighted by Crippen LogP contribution is 2.29. The van der Waals surface area contributed by atoms with Crippen LogP contribution in [0.2, 0.25) is 0 Å². The van der Waals surface area contributed by atoms with Gasteiger partial charge in [0.1, 0.15) is 5.69 Å². The first kappa shape index (κ1) is 16.8. The van der Waals surface area contributed by atoms with E-state index in [0.29, 0.717) is 36.1 Å². The molecular formula is C19H22N4O3. The average Bonchev–Trinajstić information content (AvgIpc) is 3.30. The quantitative estimate of drug-likeness (QED) is 0.715. The second kappa shape index (κ2) is 6.90. The number of carbonyl (C=O) groups excluding carboxylic acids is 1. The molecule has 0 spiro atoms. The van der Waals surface area contributed by atoms with Gasteiger partial charge in [-0.2, -0.15) is 0 Å². The van der Waals surface area contributed by atoms with Crippen molar-refractivity contribution >= 4 is 16.9 Å². The van der Waals surface area contributed by atoms with Crippen LogP contribution in [0.1, 0.15) is 56.0 Å². The van der Waals surface area contributed by atoms with Gasteiger partial charge in [-0.15, -0.1) is 10.2 Å². The maximum absolute atomic E-state index is 12.6. The minimum Gasteiger partial charge on any atom is -0.425 e. The van der Waals surface area contributed by atoms with Crippen molar-refractivity contribution in [3.8, 4) is 0 Å². The summed E-state index contributed by atoms with van der Waals surface area (Å²) in [4.78, 5) is 14.5. The lowest BCUT2D eigenvalue weighted by atomic mass is 9.96. The molecule has 3 heterocycles. The number of benzene rings is 1. The van der Waals surface area contributed by atoms with Gasteiger partial charge in [-0.3, -0.25) is 4.79 Å². The smallest absolute Gasteiger partial charge is 0.228 e. The summed E-state index contributed by atoms with van der Waals surface area (Å²) in [6.07, 6.45) is 1.94. The predicted octanol–water partition coefficient (Wildman–Crippen LogP) is 3.28. The van der Waals surface area contributed by atoms with Crippen molar-refractivity contribution in [2.75, 3.05) is 13.1 Å². The van der Waals surface area contributed by atoms with Crippen LogP contribution in [-0.4, -0.2) is 39.3 Å². The summed E-state index contributed by atoms with van der Waals surface area (Å²) in [5, 5.41) is 13.3. The van der Waals surface area contributed by atoms with E-state index >= 15 is 0 Å². The molecule has 3 aromatic rings. The molecule has 1 aliphatic heterocycles. The first-order valence-electron chi connectivity index (χ1n) is 9.06. The highest BCUT2D eigenvalue weighted by atomic mass is 16.5. The molecule has 0 N–H and O–H groups in total. The zero-order valence-electron chi connectivity index (χ0n) is 15.0. The fourth-order valence-electron chi connectivity index (χ4n) is 3.34. The number of hydrogen-bond acceptors (Lipinski definition) is 6. The Morgan fingerprint density at radius 2 is 2.00 bits per heavy atom. The zero-order chi connectivity index (χ0) is 18.1. The molecule has 2 aromatic heterocycles. The Hall–Kier alpha value is -2.70. The molecule has 0 radical (unpaired) electrons. The molecular weight excluding hydrogens is 332 g/mol. The number of nitrogens with zero attached hydrogens (tertiary/aromatic N) is 4. The summed E-state index contributed by atoms with van der Waals surface area (Å²) in [7, 11) is 0. The number of hydrogen-bond donors (Lipinski definition) is 0. The van der Waals surface area contributed by atoms with Crippen molar-refractivity contribution in [3.05, 3.63) is 41.7 Å². The van der Waals surface area contributed by atoms with Crippen LogP contribution in [0.3, 0.4) is 0 Å². The number of aromatic nitrogens is 3. The first-order valence-corrected chi connectivity index (χ1v) is 9.06. The second-order valence-corrected chi connectivity index (χ2v) is 7.09. The van der Waals surface area contributed by atoms with Crippen LogP contribution >= 0.6 is 0 Å². The van der Waals surface area contributed by atoms with E-state index in [9.17, 15) is 4.79 Å².